The monoisotopic (exact) mass is 607 g/mol. The molecule has 0 unspecified atom stereocenters. The van der Waals surface area contributed by atoms with Crippen LogP contribution in [-0.4, -0.2) is 29.3 Å². The van der Waals surface area contributed by atoms with E-state index < -0.39 is 4.92 Å². The lowest BCUT2D eigenvalue weighted by Crippen LogP contribution is -1.97. The Labute approximate surface area is 262 Å². The van der Waals surface area contributed by atoms with Crippen LogP contribution in [0.3, 0.4) is 0 Å². The Balaban J connectivity index is 0.864. The summed E-state index contributed by atoms with van der Waals surface area (Å²) in [5.74, 6) is 1.76. The summed E-state index contributed by atoms with van der Waals surface area (Å²) in [7, 11) is 0. The lowest BCUT2D eigenvalue weighted by atomic mass is 10.1. The summed E-state index contributed by atoms with van der Waals surface area (Å²) in [6.07, 6.45) is 11.2. The van der Waals surface area contributed by atoms with Crippen molar-refractivity contribution in [1.82, 2.24) is 4.98 Å². The molecule has 44 heavy (non-hydrogen) atoms. The second kappa shape index (κ2) is 16.3. The standard InChI is InChI=1S/C36H37N3O4S/c40-39(41)31-19-13-28(14-20-31)27-37-30-17-23-33(24-18-30)43-26-10-6-4-2-1-3-5-9-25-42-32-21-15-29(16-22-32)36-38-34-11-7-8-12-35(34)44-36/h7-8,11-24,27H,1-6,9-10,25-26H2. The molecule has 0 aliphatic rings. The van der Waals surface area contributed by atoms with Crippen molar-refractivity contribution in [3.8, 4) is 22.1 Å². The van der Waals surface area contributed by atoms with E-state index in [2.05, 4.69) is 35.3 Å². The Morgan fingerprint density at radius 1 is 0.705 bits per heavy atom. The average molecular weight is 608 g/mol. The van der Waals surface area contributed by atoms with E-state index in [1.165, 1.54) is 55.4 Å². The SMILES string of the molecule is O=[N+]([O-])c1ccc(C=Nc2ccc(OCCCCCCCCCCOc3ccc(-c4nc5ccccc5s4)cc3)cc2)cc1. The number of non-ortho nitro benzene ring substituents is 1. The summed E-state index contributed by atoms with van der Waals surface area (Å²) in [6.45, 7) is 1.47. The number of hydrogen-bond acceptors (Lipinski definition) is 7. The van der Waals surface area contributed by atoms with Gasteiger partial charge in [-0.05, 0) is 91.2 Å². The quantitative estimate of drug-likeness (QED) is 0.0454. The molecular weight excluding hydrogens is 570 g/mol. The molecule has 5 aromatic rings. The lowest BCUT2D eigenvalue weighted by molar-refractivity contribution is -0.384. The first kappa shape index (κ1) is 30.9. The number of rotatable bonds is 17. The summed E-state index contributed by atoms with van der Waals surface area (Å²) >= 11 is 1.72. The molecule has 0 radical (unpaired) electrons. The number of unbranched alkanes of at least 4 members (excludes halogenated alkanes) is 7. The van der Waals surface area contributed by atoms with Crippen LogP contribution in [-0.2, 0) is 0 Å². The van der Waals surface area contributed by atoms with Gasteiger partial charge in [0.1, 0.15) is 16.5 Å². The van der Waals surface area contributed by atoms with Crippen LogP contribution in [0, 0.1) is 10.1 Å². The molecule has 0 fully saturated rings. The van der Waals surface area contributed by atoms with Crippen molar-refractivity contribution in [1.29, 1.82) is 0 Å². The number of thiazole rings is 1. The minimum Gasteiger partial charge on any atom is -0.494 e. The van der Waals surface area contributed by atoms with Crippen molar-refractivity contribution in [2.75, 3.05) is 13.2 Å². The molecule has 0 atom stereocenters. The smallest absolute Gasteiger partial charge is 0.269 e. The third kappa shape index (κ3) is 9.47. The maximum absolute atomic E-state index is 10.8. The van der Waals surface area contributed by atoms with E-state index >= 15 is 0 Å². The number of nitro groups is 1. The number of nitro benzene ring substituents is 1. The molecule has 5 rings (SSSR count). The molecule has 226 valence electrons. The second-order valence-electron chi connectivity index (χ2n) is 10.6. The van der Waals surface area contributed by atoms with Crippen LogP contribution >= 0.6 is 11.3 Å². The molecular formula is C36H37N3O4S. The zero-order valence-electron chi connectivity index (χ0n) is 24.8. The van der Waals surface area contributed by atoms with Crippen LogP contribution in [0.1, 0.15) is 56.9 Å². The normalized spacial score (nSPS) is 11.3. The van der Waals surface area contributed by atoms with Gasteiger partial charge in [0.15, 0.2) is 0 Å². The van der Waals surface area contributed by atoms with Gasteiger partial charge in [0, 0.05) is 23.9 Å². The van der Waals surface area contributed by atoms with Gasteiger partial charge in [0.05, 0.1) is 34.0 Å². The molecule has 0 amide bonds. The molecule has 8 heteroatoms. The highest BCUT2D eigenvalue weighted by Crippen LogP contribution is 2.31. The number of aromatic nitrogens is 1. The van der Waals surface area contributed by atoms with Gasteiger partial charge in [0.25, 0.3) is 5.69 Å². The predicted molar refractivity (Wildman–Crippen MR) is 180 cm³/mol. The highest BCUT2D eigenvalue weighted by atomic mass is 32.1. The van der Waals surface area contributed by atoms with Crippen molar-refractivity contribution < 1.29 is 14.4 Å². The molecule has 1 heterocycles. The van der Waals surface area contributed by atoms with Gasteiger partial charge in [-0.25, -0.2) is 4.98 Å². The predicted octanol–water partition coefficient (Wildman–Crippen LogP) is 10.2. The molecule has 0 N–H and O–H groups in total. The number of benzene rings is 4. The van der Waals surface area contributed by atoms with Gasteiger partial charge in [0.2, 0.25) is 0 Å². The third-order valence-corrected chi connectivity index (χ3v) is 8.36. The summed E-state index contributed by atoms with van der Waals surface area (Å²) < 4.78 is 13.0. The van der Waals surface area contributed by atoms with Crippen molar-refractivity contribution in [2.24, 2.45) is 4.99 Å². The van der Waals surface area contributed by atoms with Crippen LogP contribution in [0.5, 0.6) is 11.5 Å². The van der Waals surface area contributed by atoms with Crippen LogP contribution in [0.15, 0.2) is 102 Å². The first-order valence-electron chi connectivity index (χ1n) is 15.2. The fourth-order valence-electron chi connectivity index (χ4n) is 4.79. The second-order valence-corrected chi connectivity index (χ2v) is 11.7. The van der Waals surface area contributed by atoms with Gasteiger partial charge in [-0.2, -0.15) is 0 Å². The molecule has 0 saturated carbocycles. The fourth-order valence-corrected chi connectivity index (χ4v) is 5.76. The van der Waals surface area contributed by atoms with Crippen LogP contribution in [0.25, 0.3) is 20.8 Å². The van der Waals surface area contributed by atoms with E-state index in [4.69, 9.17) is 14.5 Å². The maximum atomic E-state index is 10.8. The van der Waals surface area contributed by atoms with E-state index in [1.54, 1.807) is 29.7 Å². The number of fused-ring (bicyclic) bond motifs is 1. The van der Waals surface area contributed by atoms with Gasteiger partial charge in [-0.15, -0.1) is 11.3 Å². The van der Waals surface area contributed by atoms with Crippen molar-refractivity contribution in [2.45, 2.75) is 51.4 Å². The summed E-state index contributed by atoms with van der Waals surface area (Å²) in [5.41, 5.74) is 3.86. The third-order valence-electron chi connectivity index (χ3n) is 7.27. The van der Waals surface area contributed by atoms with Crippen LogP contribution < -0.4 is 9.47 Å². The number of ether oxygens (including phenoxy) is 2. The van der Waals surface area contributed by atoms with E-state index in [-0.39, 0.29) is 5.69 Å². The van der Waals surface area contributed by atoms with Crippen molar-refractivity contribution >= 4 is 39.1 Å². The number of para-hydroxylation sites is 1. The zero-order chi connectivity index (χ0) is 30.4. The zero-order valence-corrected chi connectivity index (χ0v) is 25.6. The lowest BCUT2D eigenvalue weighted by Gasteiger charge is -2.07. The number of nitrogens with zero attached hydrogens (tertiary/aromatic N) is 3. The molecule has 0 spiro atoms. The molecule has 7 nitrogen and oxygen atoms in total. The van der Waals surface area contributed by atoms with Crippen LogP contribution in [0.4, 0.5) is 11.4 Å². The Morgan fingerprint density at radius 2 is 1.27 bits per heavy atom. The molecule has 0 saturated heterocycles. The van der Waals surface area contributed by atoms with Gasteiger partial charge < -0.3 is 9.47 Å². The molecule has 0 aliphatic heterocycles. The van der Waals surface area contributed by atoms with E-state index in [9.17, 15) is 10.1 Å². The fraction of sp³-hybridized carbons (Fsp3) is 0.278. The van der Waals surface area contributed by atoms with Crippen molar-refractivity contribution in [3.05, 3.63) is 113 Å². The minimum atomic E-state index is -0.410. The molecule has 4 aromatic carbocycles. The number of hydrogen-bond donors (Lipinski definition) is 0. The largest absolute Gasteiger partial charge is 0.494 e. The maximum Gasteiger partial charge on any atom is 0.269 e. The highest BCUT2D eigenvalue weighted by molar-refractivity contribution is 7.21. The summed E-state index contributed by atoms with van der Waals surface area (Å²) in [4.78, 5) is 19.5. The topological polar surface area (TPSA) is 86.9 Å². The molecule has 1 aromatic heterocycles. The molecule has 0 aliphatic carbocycles. The van der Waals surface area contributed by atoms with Crippen LogP contribution in [0.2, 0.25) is 0 Å². The van der Waals surface area contributed by atoms with Crippen molar-refractivity contribution in [3.63, 3.8) is 0 Å². The first-order valence-corrected chi connectivity index (χ1v) is 16.1. The van der Waals surface area contributed by atoms with Gasteiger partial charge in [-0.1, -0.05) is 50.7 Å². The van der Waals surface area contributed by atoms with E-state index in [0.29, 0.717) is 6.61 Å². The minimum absolute atomic E-state index is 0.0706. The number of aliphatic imine (C=N–C) groups is 1. The summed E-state index contributed by atoms with van der Waals surface area (Å²) in [6, 6.07) is 30.5. The first-order chi connectivity index (χ1) is 21.6. The molecule has 0 bridgehead atoms. The summed E-state index contributed by atoms with van der Waals surface area (Å²) in [5, 5.41) is 11.8. The average Bonchev–Trinajstić information content (AvgIpc) is 3.50. The Morgan fingerprint density at radius 3 is 1.86 bits per heavy atom. The Kier molecular flexibility index (Phi) is 11.5. The van der Waals surface area contributed by atoms with Gasteiger partial charge in [-0.3, -0.25) is 15.1 Å². The van der Waals surface area contributed by atoms with E-state index in [0.717, 1.165) is 58.3 Å². The highest BCUT2D eigenvalue weighted by Gasteiger charge is 2.06. The van der Waals surface area contributed by atoms with E-state index in [1.807, 2.05) is 42.5 Å². The Bertz CT molecular complexity index is 1600. The Hall–Kier alpha value is -4.56. The van der Waals surface area contributed by atoms with Gasteiger partial charge >= 0.3 is 0 Å².